The summed E-state index contributed by atoms with van der Waals surface area (Å²) < 4.78 is 23.0. The van der Waals surface area contributed by atoms with E-state index in [2.05, 4.69) is 0 Å². The summed E-state index contributed by atoms with van der Waals surface area (Å²) in [5.74, 6) is 0. The van der Waals surface area contributed by atoms with Crippen molar-refractivity contribution >= 4 is 21.2 Å². The van der Waals surface area contributed by atoms with Crippen LogP contribution in [0.1, 0.15) is 25.7 Å². The van der Waals surface area contributed by atoms with Crippen molar-refractivity contribution in [1.29, 1.82) is 0 Å². The molecule has 0 aromatic heterocycles. The van der Waals surface area contributed by atoms with Gasteiger partial charge in [0, 0.05) is 25.4 Å². The summed E-state index contributed by atoms with van der Waals surface area (Å²) in [6.07, 6.45) is 5.32. The summed E-state index contributed by atoms with van der Waals surface area (Å²) in [6, 6.07) is 4.16. The zero-order valence-corrected chi connectivity index (χ0v) is 12.2. The van der Waals surface area contributed by atoms with E-state index < -0.39 is 14.8 Å². The Bertz CT molecular complexity index is 605. The SMILES string of the molecule is CS(=O)(=O)c1ccc(N2CCCCCC2)c([N+](=O)[O-])c1. The average Bonchev–Trinajstić information content (AvgIpc) is 2.65. The molecule has 6 nitrogen and oxygen atoms in total. The minimum absolute atomic E-state index is 0.0113. The van der Waals surface area contributed by atoms with Gasteiger partial charge in [-0.15, -0.1) is 0 Å². The van der Waals surface area contributed by atoms with Crippen LogP contribution in [-0.4, -0.2) is 32.7 Å². The van der Waals surface area contributed by atoms with Gasteiger partial charge in [-0.05, 0) is 25.0 Å². The molecule has 0 N–H and O–H groups in total. The Hall–Kier alpha value is -1.63. The lowest BCUT2D eigenvalue weighted by Crippen LogP contribution is -2.24. The van der Waals surface area contributed by atoms with E-state index in [0.717, 1.165) is 51.1 Å². The number of nitrogens with zero attached hydrogens (tertiary/aromatic N) is 2. The fraction of sp³-hybridized carbons (Fsp3) is 0.538. The van der Waals surface area contributed by atoms with Gasteiger partial charge in [-0.3, -0.25) is 10.1 Å². The van der Waals surface area contributed by atoms with Crippen LogP contribution in [0.4, 0.5) is 11.4 Å². The Morgan fingerprint density at radius 3 is 2.25 bits per heavy atom. The number of anilines is 1. The smallest absolute Gasteiger partial charge is 0.293 e. The first kappa shape index (κ1) is 14.8. The third-order valence-electron chi connectivity index (χ3n) is 3.52. The number of hydrogen-bond donors (Lipinski definition) is 0. The minimum Gasteiger partial charge on any atom is -0.366 e. The molecule has 110 valence electrons. The van der Waals surface area contributed by atoms with Crippen molar-refractivity contribution in [2.24, 2.45) is 0 Å². The molecule has 7 heteroatoms. The summed E-state index contributed by atoms with van der Waals surface area (Å²) in [5, 5.41) is 11.2. The normalized spacial score (nSPS) is 16.8. The van der Waals surface area contributed by atoms with Gasteiger partial charge in [-0.1, -0.05) is 12.8 Å². The van der Waals surface area contributed by atoms with E-state index in [4.69, 9.17) is 0 Å². The van der Waals surface area contributed by atoms with Crippen LogP contribution in [0.5, 0.6) is 0 Å². The quantitative estimate of drug-likeness (QED) is 0.632. The van der Waals surface area contributed by atoms with Crippen LogP contribution in [0.25, 0.3) is 0 Å². The van der Waals surface area contributed by atoms with Gasteiger partial charge in [0.1, 0.15) is 5.69 Å². The molecule has 2 rings (SSSR count). The van der Waals surface area contributed by atoms with Crippen molar-refractivity contribution < 1.29 is 13.3 Å². The highest BCUT2D eigenvalue weighted by Crippen LogP contribution is 2.32. The number of hydrogen-bond acceptors (Lipinski definition) is 5. The number of nitro benzene ring substituents is 1. The number of benzene rings is 1. The zero-order chi connectivity index (χ0) is 14.8. The van der Waals surface area contributed by atoms with E-state index in [0.29, 0.717) is 5.69 Å². The van der Waals surface area contributed by atoms with Gasteiger partial charge < -0.3 is 4.90 Å². The molecule has 1 heterocycles. The van der Waals surface area contributed by atoms with Crippen molar-refractivity contribution in [3.8, 4) is 0 Å². The van der Waals surface area contributed by atoms with Gasteiger partial charge in [0.2, 0.25) is 0 Å². The Kier molecular flexibility index (Phi) is 4.27. The molecule has 20 heavy (non-hydrogen) atoms. The molecule has 1 saturated heterocycles. The van der Waals surface area contributed by atoms with Crippen molar-refractivity contribution in [3.63, 3.8) is 0 Å². The van der Waals surface area contributed by atoms with E-state index >= 15 is 0 Å². The van der Waals surface area contributed by atoms with Crippen LogP contribution in [0.15, 0.2) is 23.1 Å². The lowest BCUT2D eigenvalue weighted by atomic mass is 10.2. The topological polar surface area (TPSA) is 80.5 Å². The molecule has 0 bridgehead atoms. The van der Waals surface area contributed by atoms with E-state index in [1.165, 1.54) is 6.07 Å². The van der Waals surface area contributed by atoms with Crippen LogP contribution < -0.4 is 4.90 Å². The summed E-state index contributed by atoms with van der Waals surface area (Å²) in [4.78, 5) is 12.7. The number of rotatable bonds is 3. The third kappa shape index (κ3) is 3.27. The van der Waals surface area contributed by atoms with Crippen molar-refractivity contribution in [1.82, 2.24) is 0 Å². The second kappa shape index (κ2) is 5.78. The summed E-state index contributed by atoms with van der Waals surface area (Å²) in [5.41, 5.74) is 0.388. The maximum Gasteiger partial charge on any atom is 0.293 e. The lowest BCUT2D eigenvalue weighted by Gasteiger charge is -2.22. The zero-order valence-electron chi connectivity index (χ0n) is 11.4. The fourth-order valence-electron chi connectivity index (χ4n) is 2.46. The molecule has 1 aliphatic heterocycles. The van der Waals surface area contributed by atoms with Gasteiger partial charge in [-0.25, -0.2) is 8.42 Å². The lowest BCUT2D eigenvalue weighted by molar-refractivity contribution is -0.384. The maximum atomic E-state index is 11.5. The van der Waals surface area contributed by atoms with Crippen LogP contribution in [0, 0.1) is 10.1 Å². The molecule has 0 unspecified atom stereocenters. The van der Waals surface area contributed by atoms with Crippen LogP contribution in [0.3, 0.4) is 0 Å². The molecule has 0 aliphatic carbocycles. The van der Waals surface area contributed by atoms with Crippen LogP contribution in [-0.2, 0) is 9.84 Å². The summed E-state index contributed by atoms with van der Waals surface area (Å²) >= 11 is 0. The largest absolute Gasteiger partial charge is 0.366 e. The molecule has 0 radical (unpaired) electrons. The molecule has 1 aliphatic rings. The van der Waals surface area contributed by atoms with Crippen LogP contribution >= 0.6 is 0 Å². The molecule has 0 amide bonds. The third-order valence-corrected chi connectivity index (χ3v) is 4.63. The predicted molar refractivity (Wildman–Crippen MR) is 76.9 cm³/mol. The standard InChI is InChI=1S/C13H18N2O4S/c1-20(18,19)11-6-7-12(13(10-11)15(16)17)14-8-4-2-3-5-9-14/h6-7,10H,2-5,8-9H2,1H3. The molecule has 1 aromatic rings. The summed E-state index contributed by atoms with van der Waals surface area (Å²) in [6.45, 7) is 1.55. The first-order valence-corrected chi connectivity index (χ1v) is 8.52. The van der Waals surface area contributed by atoms with Gasteiger partial charge in [-0.2, -0.15) is 0 Å². The highest BCUT2D eigenvalue weighted by atomic mass is 32.2. The van der Waals surface area contributed by atoms with E-state index in [1.807, 2.05) is 4.90 Å². The summed E-state index contributed by atoms with van der Waals surface area (Å²) in [7, 11) is -3.44. The van der Waals surface area contributed by atoms with Gasteiger partial charge in [0.15, 0.2) is 9.84 Å². The Morgan fingerprint density at radius 1 is 1.15 bits per heavy atom. The van der Waals surface area contributed by atoms with Gasteiger partial charge in [0.05, 0.1) is 9.82 Å². The van der Waals surface area contributed by atoms with Gasteiger partial charge >= 0.3 is 0 Å². The van der Waals surface area contributed by atoms with Gasteiger partial charge in [0.25, 0.3) is 5.69 Å². The molecular weight excluding hydrogens is 280 g/mol. The van der Waals surface area contributed by atoms with E-state index in [-0.39, 0.29) is 10.6 Å². The molecule has 0 atom stereocenters. The van der Waals surface area contributed by atoms with Crippen molar-refractivity contribution in [3.05, 3.63) is 28.3 Å². The first-order chi connectivity index (χ1) is 9.39. The van der Waals surface area contributed by atoms with E-state index in [1.54, 1.807) is 6.07 Å². The predicted octanol–water partition coefficient (Wildman–Crippen LogP) is 2.38. The number of nitro groups is 1. The Balaban J connectivity index is 2.44. The Labute approximate surface area is 118 Å². The molecule has 1 fully saturated rings. The minimum atomic E-state index is -3.44. The van der Waals surface area contributed by atoms with E-state index in [9.17, 15) is 18.5 Å². The molecule has 0 saturated carbocycles. The highest BCUT2D eigenvalue weighted by molar-refractivity contribution is 7.90. The second-order valence-electron chi connectivity index (χ2n) is 5.08. The Morgan fingerprint density at radius 2 is 1.75 bits per heavy atom. The molecule has 0 spiro atoms. The van der Waals surface area contributed by atoms with Crippen LogP contribution in [0.2, 0.25) is 0 Å². The highest BCUT2D eigenvalue weighted by Gasteiger charge is 2.23. The first-order valence-electron chi connectivity index (χ1n) is 6.63. The maximum absolute atomic E-state index is 11.5. The van der Waals surface area contributed by atoms with Crippen molar-refractivity contribution in [2.45, 2.75) is 30.6 Å². The molecule has 1 aromatic carbocycles. The molecular formula is C13H18N2O4S. The second-order valence-corrected chi connectivity index (χ2v) is 7.10. The monoisotopic (exact) mass is 298 g/mol. The fourth-order valence-corrected chi connectivity index (χ4v) is 3.10. The number of sulfone groups is 1. The van der Waals surface area contributed by atoms with Crippen molar-refractivity contribution in [2.75, 3.05) is 24.2 Å². The average molecular weight is 298 g/mol.